The molecule has 1 aromatic rings. The molecule has 4 rings (SSSR count). The van der Waals surface area contributed by atoms with Gasteiger partial charge in [-0.25, -0.2) is 0 Å². The molecule has 1 unspecified atom stereocenters. The van der Waals surface area contributed by atoms with Crippen LogP contribution in [0.1, 0.15) is 39.2 Å². The summed E-state index contributed by atoms with van der Waals surface area (Å²) in [5.41, 5.74) is -0.226. The molecule has 2 amide bonds. The maximum atomic E-state index is 13.9. The van der Waals surface area contributed by atoms with E-state index in [1.54, 1.807) is 6.92 Å². The highest BCUT2D eigenvalue weighted by Gasteiger charge is 2.77. The molecule has 1 aromatic carbocycles. The molecule has 8 nitrogen and oxygen atoms in total. The second-order valence-corrected chi connectivity index (χ2v) is 10.7. The second kappa shape index (κ2) is 9.95. The number of carbonyl (C=O) groups excluding carboxylic acids is 3. The molecule has 186 valence electrons. The molecule has 1 spiro atoms. The summed E-state index contributed by atoms with van der Waals surface area (Å²) in [6.45, 7) is 5.87. The predicted octanol–water partition coefficient (Wildman–Crippen LogP) is 2.02. The molecule has 0 radical (unpaired) electrons. The number of amides is 2. The lowest BCUT2D eigenvalue weighted by Crippen LogP contribution is -2.59. The van der Waals surface area contributed by atoms with E-state index < -0.39 is 41.6 Å². The average Bonchev–Trinajstić information content (AvgIpc) is 3.42. The maximum Gasteiger partial charge on any atom is 0.312 e. The number of likely N-dealkylation sites (tertiary alicyclic amines) is 1. The average molecular weight is 537 g/mol. The van der Waals surface area contributed by atoms with Crippen molar-refractivity contribution in [1.29, 1.82) is 0 Å². The third kappa shape index (κ3) is 3.95. The molecule has 3 aliphatic rings. The minimum absolute atomic E-state index is 0.0494. The molecule has 2 N–H and O–H groups in total. The number of aliphatic hydroxyl groups is 1. The van der Waals surface area contributed by atoms with Crippen molar-refractivity contribution >= 4 is 33.7 Å². The van der Waals surface area contributed by atoms with Gasteiger partial charge in [-0.05, 0) is 24.8 Å². The monoisotopic (exact) mass is 536 g/mol. The lowest BCUT2D eigenvalue weighted by Gasteiger charge is -2.38. The van der Waals surface area contributed by atoms with Crippen molar-refractivity contribution in [1.82, 2.24) is 10.2 Å². The maximum absolute atomic E-state index is 13.9. The van der Waals surface area contributed by atoms with E-state index in [-0.39, 0.29) is 35.8 Å². The minimum atomic E-state index is -1.16. The first-order valence-corrected chi connectivity index (χ1v) is 12.9. The van der Waals surface area contributed by atoms with Gasteiger partial charge in [-0.15, -0.1) is 0 Å². The molecular formula is C25H33BrN2O6. The highest BCUT2D eigenvalue weighted by molar-refractivity contribution is 9.09. The van der Waals surface area contributed by atoms with Crippen molar-refractivity contribution in [3.63, 3.8) is 0 Å². The van der Waals surface area contributed by atoms with Crippen LogP contribution in [0.5, 0.6) is 0 Å². The molecule has 9 heteroatoms. The van der Waals surface area contributed by atoms with E-state index in [0.717, 1.165) is 12.0 Å². The van der Waals surface area contributed by atoms with Crippen LogP contribution in [0.2, 0.25) is 0 Å². The van der Waals surface area contributed by atoms with Crippen LogP contribution < -0.4 is 5.32 Å². The number of fused-ring (bicyclic) bond motifs is 1. The Hall–Kier alpha value is -1.97. The molecule has 8 atom stereocenters. The fraction of sp³-hybridized carbons (Fsp3) is 0.640. The van der Waals surface area contributed by atoms with Crippen LogP contribution >= 0.6 is 15.9 Å². The van der Waals surface area contributed by atoms with Gasteiger partial charge in [0.2, 0.25) is 11.8 Å². The van der Waals surface area contributed by atoms with Crippen LogP contribution in [-0.2, 0) is 30.4 Å². The van der Waals surface area contributed by atoms with Crippen LogP contribution in [0.25, 0.3) is 0 Å². The zero-order valence-corrected chi connectivity index (χ0v) is 21.4. The largest absolute Gasteiger partial charge is 0.466 e. The Morgan fingerprint density at radius 1 is 1.32 bits per heavy atom. The fourth-order valence-corrected chi connectivity index (χ4v) is 6.87. The van der Waals surface area contributed by atoms with Crippen molar-refractivity contribution in [2.24, 2.45) is 17.8 Å². The van der Waals surface area contributed by atoms with E-state index >= 15 is 0 Å². The number of nitrogens with zero attached hydrogens (tertiary/aromatic N) is 1. The van der Waals surface area contributed by atoms with E-state index in [4.69, 9.17) is 9.47 Å². The summed E-state index contributed by atoms with van der Waals surface area (Å²) in [4.78, 5) is 41.9. The molecule has 2 bridgehead atoms. The predicted molar refractivity (Wildman–Crippen MR) is 128 cm³/mol. The molecule has 0 aromatic heterocycles. The molecule has 3 saturated heterocycles. The number of hydrogen-bond donors (Lipinski definition) is 2. The summed E-state index contributed by atoms with van der Waals surface area (Å²) in [5.74, 6) is -2.81. The third-order valence-electron chi connectivity index (χ3n) is 7.69. The lowest BCUT2D eigenvalue weighted by atomic mass is 9.70. The molecule has 34 heavy (non-hydrogen) atoms. The summed E-state index contributed by atoms with van der Waals surface area (Å²) in [5, 5.41) is 13.3. The molecule has 3 fully saturated rings. The number of aliphatic hydroxyl groups excluding tert-OH is 1. The third-order valence-corrected chi connectivity index (χ3v) is 8.53. The number of alkyl halides is 1. The number of benzene rings is 1. The van der Waals surface area contributed by atoms with Crippen molar-refractivity contribution in [3.8, 4) is 0 Å². The quantitative estimate of drug-likeness (QED) is 0.369. The van der Waals surface area contributed by atoms with E-state index in [0.29, 0.717) is 13.0 Å². The highest BCUT2D eigenvalue weighted by Crippen LogP contribution is 2.60. The SMILES string of the molecule is CCOC(=O)[C@H]1[C@@H]2O[C@@]3(CC2Br)[C@@H]1C(=O)N([C@@H](CO)[C@@H](C)CC)[C@@H]3C(=O)NCc1ccccc1. The van der Waals surface area contributed by atoms with Crippen molar-refractivity contribution < 1.29 is 29.0 Å². The molecule has 3 heterocycles. The first kappa shape index (κ1) is 25.1. The Labute approximate surface area is 208 Å². The number of rotatable bonds is 9. The van der Waals surface area contributed by atoms with Crippen LogP contribution in [-0.4, -0.2) is 69.6 Å². The van der Waals surface area contributed by atoms with Crippen LogP contribution in [0.3, 0.4) is 0 Å². The summed E-state index contributed by atoms with van der Waals surface area (Å²) >= 11 is 3.63. The van der Waals surface area contributed by atoms with Crippen molar-refractivity contribution in [3.05, 3.63) is 35.9 Å². The normalized spacial score (nSPS) is 33.5. The van der Waals surface area contributed by atoms with Crippen molar-refractivity contribution in [2.75, 3.05) is 13.2 Å². The molecule has 0 saturated carbocycles. The molecule has 0 aliphatic carbocycles. The number of hydrogen-bond acceptors (Lipinski definition) is 6. The Morgan fingerprint density at radius 2 is 2.03 bits per heavy atom. The van der Waals surface area contributed by atoms with Gasteiger partial charge in [0.1, 0.15) is 11.6 Å². The second-order valence-electron chi connectivity index (χ2n) is 9.50. The zero-order chi connectivity index (χ0) is 24.6. The Kier molecular flexibility index (Phi) is 7.36. The van der Waals surface area contributed by atoms with E-state index in [1.807, 2.05) is 44.2 Å². The molecule has 3 aliphatic heterocycles. The summed E-state index contributed by atoms with van der Waals surface area (Å²) < 4.78 is 11.7. The van der Waals surface area contributed by atoms with Crippen LogP contribution in [0, 0.1) is 17.8 Å². The fourth-order valence-electron chi connectivity index (χ4n) is 5.93. The number of ether oxygens (including phenoxy) is 2. The van der Waals surface area contributed by atoms with Crippen molar-refractivity contribution in [2.45, 2.75) is 68.8 Å². The summed E-state index contributed by atoms with van der Waals surface area (Å²) in [7, 11) is 0. The molecular weight excluding hydrogens is 504 g/mol. The van der Waals surface area contributed by atoms with Gasteiger partial charge < -0.3 is 24.8 Å². The number of esters is 1. The van der Waals surface area contributed by atoms with E-state index in [2.05, 4.69) is 21.2 Å². The number of nitrogens with one attached hydrogen (secondary N) is 1. The van der Waals surface area contributed by atoms with Gasteiger partial charge in [-0.3, -0.25) is 14.4 Å². The van der Waals surface area contributed by atoms with Gasteiger partial charge >= 0.3 is 5.97 Å². The lowest BCUT2D eigenvalue weighted by molar-refractivity contribution is -0.155. The first-order chi connectivity index (χ1) is 16.3. The van der Waals surface area contributed by atoms with Gasteiger partial charge in [-0.2, -0.15) is 0 Å². The van der Waals surface area contributed by atoms with Gasteiger partial charge in [0.05, 0.1) is 37.2 Å². The minimum Gasteiger partial charge on any atom is -0.466 e. The van der Waals surface area contributed by atoms with E-state index in [9.17, 15) is 19.5 Å². The highest BCUT2D eigenvalue weighted by atomic mass is 79.9. The standard InChI is InChI=1S/C25H33BrN2O6/c1-4-14(3)17(13-29)28-21(22(30)27-12-15-9-7-6-8-10-15)25-11-16(26)20(34-25)18(19(25)23(28)31)24(32)33-5-2/h6-10,14,16-21,29H,4-5,11-13H2,1-3H3,(H,27,30)/t14-,16?,17-,18+,19-,20+,21+,25-/m0/s1. The Bertz CT molecular complexity index is 929. The van der Waals surface area contributed by atoms with Gasteiger partial charge in [-0.1, -0.05) is 66.5 Å². The topological polar surface area (TPSA) is 105 Å². The summed E-state index contributed by atoms with van der Waals surface area (Å²) in [6.07, 6.45) is 0.593. The smallest absolute Gasteiger partial charge is 0.312 e. The van der Waals surface area contributed by atoms with Crippen LogP contribution in [0.15, 0.2) is 30.3 Å². The zero-order valence-electron chi connectivity index (χ0n) is 19.8. The Morgan fingerprint density at radius 3 is 2.65 bits per heavy atom. The van der Waals surface area contributed by atoms with Gasteiger partial charge in [0.15, 0.2) is 0 Å². The van der Waals surface area contributed by atoms with Gasteiger partial charge in [0, 0.05) is 11.4 Å². The number of halogens is 1. The summed E-state index contributed by atoms with van der Waals surface area (Å²) in [6, 6.07) is 8.00. The first-order valence-electron chi connectivity index (χ1n) is 12.0. The Balaban J connectivity index is 1.73. The van der Waals surface area contributed by atoms with Crippen LogP contribution in [0.4, 0.5) is 0 Å². The van der Waals surface area contributed by atoms with E-state index in [1.165, 1.54) is 4.90 Å². The van der Waals surface area contributed by atoms with Gasteiger partial charge in [0.25, 0.3) is 0 Å². The number of carbonyl (C=O) groups is 3.